The van der Waals surface area contributed by atoms with E-state index in [-0.39, 0.29) is 18.3 Å². The molecule has 2 aromatic carbocycles. The molecular weight excluding hydrogens is 428 g/mol. The fraction of sp³-hybridized carbons (Fsp3) is 0.321. The number of ether oxygens (including phenoxy) is 2. The zero-order valence-electron chi connectivity index (χ0n) is 19.3. The van der Waals surface area contributed by atoms with Crippen LogP contribution in [0.15, 0.2) is 60.7 Å². The summed E-state index contributed by atoms with van der Waals surface area (Å²) in [6, 6.07) is 15.2. The highest BCUT2D eigenvalue weighted by Crippen LogP contribution is 2.36. The number of esters is 1. The van der Waals surface area contributed by atoms with Crippen LogP contribution in [0.5, 0.6) is 5.75 Å². The van der Waals surface area contributed by atoms with Crippen molar-refractivity contribution in [3.8, 4) is 22.9 Å². The van der Waals surface area contributed by atoms with Crippen LogP contribution in [0.4, 0.5) is 0 Å². The molecule has 0 bridgehead atoms. The van der Waals surface area contributed by atoms with E-state index in [1.807, 2.05) is 55.5 Å². The van der Waals surface area contributed by atoms with Crippen molar-refractivity contribution in [1.82, 2.24) is 5.32 Å². The summed E-state index contributed by atoms with van der Waals surface area (Å²) in [6.45, 7) is 6.44. The number of rotatable bonds is 5. The fourth-order valence-electron chi connectivity index (χ4n) is 4.32. The van der Waals surface area contributed by atoms with Gasteiger partial charge in [0.1, 0.15) is 17.9 Å². The summed E-state index contributed by atoms with van der Waals surface area (Å²) in [5.74, 6) is 0.0756. The Bertz CT molecular complexity index is 1170. The van der Waals surface area contributed by atoms with E-state index >= 15 is 0 Å². The maximum Gasteiger partial charge on any atom is 0.315 e. The van der Waals surface area contributed by atoms with Crippen LogP contribution in [0.2, 0.25) is 0 Å². The van der Waals surface area contributed by atoms with Gasteiger partial charge in [-0.25, -0.2) is 0 Å². The SMILES string of the molecule is C=C1CCCO[C@H](C(=O)N[C@H](C#N)Cc2ccc(-c3ccc4c(c3)/C(=C/C)CC(=O)O4)cc2)C1. The molecule has 4 rings (SSSR count). The minimum atomic E-state index is -0.644. The monoisotopic (exact) mass is 456 g/mol. The number of hydrogen-bond acceptors (Lipinski definition) is 5. The molecule has 174 valence electrons. The minimum absolute atomic E-state index is 0.243. The zero-order valence-corrected chi connectivity index (χ0v) is 19.3. The molecule has 6 nitrogen and oxygen atoms in total. The Hall–Kier alpha value is -3.69. The topological polar surface area (TPSA) is 88.4 Å². The highest BCUT2D eigenvalue weighted by molar-refractivity contribution is 5.93. The summed E-state index contributed by atoms with van der Waals surface area (Å²) in [4.78, 5) is 24.4. The van der Waals surface area contributed by atoms with Gasteiger partial charge in [0.2, 0.25) is 0 Å². The number of amides is 1. The summed E-state index contributed by atoms with van der Waals surface area (Å²) >= 11 is 0. The molecular formula is C28H28N2O4. The third kappa shape index (κ3) is 5.44. The van der Waals surface area contributed by atoms with Crippen molar-refractivity contribution in [3.05, 3.63) is 71.8 Å². The van der Waals surface area contributed by atoms with Crippen molar-refractivity contribution in [2.24, 2.45) is 0 Å². The second-order valence-corrected chi connectivity index (χ2v) is 8.68. The molecule has 0 aromatic heterocycles. The maximum absolute atomic E-state index is 12.6. The summed E-state index contributed by atoms with van der Waals surface area (Å²) in [5, 5.41) is 12.4. The number of fused-ring (bicyclic) bond motifs is 1. The van der Waals surface area contributed by atoms with Crippen LogP contribution >= 0.6 is 0 Å². The Kier molecular flexibility index (Phi) is 7.24. The number of carbonyl (C=O) groups excluding carboxylic acids is 2. The molecule has 1 N–H and O–H groups in total. The first-order chi connectivity index (χ1) is 16.5. The third-order valence-corrected chi connectivity index (χ3v) is 6.19. The Balaban J connectivity index is 1.43. The quantitative estimate of drug-likeness (QED) is 0.399. The van der Waals surface area contributed by atoms with Crippen LogP contribution < -0.4 is 10.1 Å². The van der Waals surface area contributed by atoms with Gasteiger partial charge in [-0.05, 0) is 54.2 Å². The lowest BCUT2D eigenvalue weighted by molar-refractivity contribution is -0.134. The van der Waals surface area contributed by atoms with E-state index in [0.717, 1.165) is 46.2 Å². The van der Waals surface area contributed by atoms with Gasteiger partial charge in [-0.2, -0.15) is 5.26 Å². The number of nitrogens with one attached hydrogen (secondary N) is 1. The summed E-state index contributed by atoms with van der Waals surface area (Å²) in [7, 11) is 0. The number of nitriles is 1. The van der Waals surface area contributed by atoms with Crippen molar-refractivity contribution in [1.29, 1.82) is 5.26 Å². The third-order valence-electron chi connectivity index (χ3n) is 6.19. The molecule has 0 aliphatic carbocycles. The van der Waals surface area contributed by atoms with Gasteiger partial charge in [-0.15, -0.1) is 0 Å². The van der Waals surface area contributed by atoms with E-state index in [1.54, 1.807) is 0 Å². The highest BCUT2D eigenvalue weighted by Gasteiger charge is 2.25. The predicted molar refractivity (Wildman–Crippen MR) is 130 cm³/mol. The molecule has 6 heteroatoms. The first-order valence-corrected chi connectivity index (χ1v) is 11.5. The Morgan fingerprint density at radius 3 is 2.76 bits per heavy atom. The van der Waals surface area contributed by atoms with Gasteiger partial charge < -0.3 is 14.8 Å². The lowest BCUT2D eigenvalue weighted by Gasteiger charge is -2.19. The Morgan fingerprint density at radius 1 is 1.26 bits per heavy atom. The molecule has 1 amide bonds. The van der Waals surface area contributed by atoms with Gasteiger partial charge in [0, 0.05) is 25.0 Å². The van der Waals surface area contributed by atoms with Crippen LogP contribution in [-0.4, -0.2) is 30.6 Å². The second kappa shape index (κ2) is 10.5. The second-order valence-electron chi connectivity index (χ2n) is 8.68. The van der Waals surface area contributed by atoms with Crippen molar-refractivity contribution in [3.63, 3.8) is 0 Å². The van der Waals surface area contributed by atoms with Gasteiger partial charge in [0.15, 0.2) is 0 Å². The molecule has 0 radical (unpaired) electrons. The van der Waals surface area contributed by atoms with E-state index in [2.05, 4.69) is 18.0 Å². The Labute approximate surface area is 199 Å². The summed E-state index contributed by atoms with van der Waals surface area (Å²) in [6.07, 6.45) is 4.25. The minimum Gasteiger partial charge on any atom is -0.426 e. The molecule has 2 aliphatic heterocycles. The van der Waals surface area contributed by atoms with Crippen LogP contribution in [-0.2, 0) is 20.7 Å². The van der Waals surface area contributed by atoms with E-state index in [4.69, 9.17) is 9.47 Å². The van der Waals surface area contributed by atoms with Crippen LogP contribution in [0.1, 0.15) is 43.7 Å². The fourth-order valence-corrected chi connectivity index (χ4v) is 4.32. The molecule has 34 heavy (non-hydrogen) atoms. The van der Waals surface area contributed by atoms with Crippen molar-refractivity contribution < 1.29 is 19.1 Å². The van der Waals surface area contributed by atoms with E-state index in [0.29, 0.717) is 25.2 Å². The van der Waals surface area contributed by atoms with E-state index < -0.39 is 12.1 Å². The molecule has 2 aromatic rings. The average Bonchev–Trinajstić information content (AvgIpc) is 3.07. The van der Waals surface area contributed by atoms with Gasteiger partial charge in [-0.1, -0.05) is 48.6 Å². The van der Waals surface area contributed by atoms with Gasteiger partial charge in [0.25, 0.3) is 5.91 Å². The van der Waals surface area contributed by atoms with Gasteiger partial charge in [-0.3, -0.25) is 9.59 Å². The maximum atomic E-state index is 12.6. The van der Waals surface area contributed by atoms with Crippen LogP contribution in [0.25, 0.3) is 16.7 Å². The lowest BCUT2D eigenvalue weighted by atomic mass is 9.94. The largest absolute Gasteiger partial charge is 0.426 e. The van der Waals surface area contributed by atoms with E-state index in [9.17, 15) is 14.9 Å². The molecule has 2 heterocycles. The summed E-state index contributed by atoms with van der Waals surface area (Å²) < 4.78 is 11.0. The first kappa shape index (κ1) is 23.5. The molecule has 0 spiro atoms. The Morgan fingerprint density at radius 2 is 2.03 bits per heavy atom. The summed E-state index contributed by atoms with van der Waals surface area (Å²) in [5.41, 5.74) is 5.87. The smallest absolute Gasteiger partial charge is 0.315 e. The molecule has 2 aliphatic rings. The number of nitrogens with zero attached hydrogens (tertiary/aromatic N) is 1. The normalized spacial score (nSPS) is 20.0. The first-order valence-electron chi connectivity index (χ1n) is 11.5. The number of carbonyl (C=O) groups is 2. The highest BCUT2D eigenvalue weighted by atomic mass is 16.5. The van der Waals surface area contributed by atoms with Crippen molar-refractivity contribution in [2.75, 3.05) is 6.61 Å². The van der Waals surface area contributed by atoms with Gasteiger partial charge >= 0.3 is 5.97 Å². The van der Waals surface area contributed by atoms with Crippen LogP contribution in [0, 0.1) is 11.3 Å². The molecule has 1 saturated heterocycles. The molecule has 0 unspecified atom stereocenters. The van der Waals surface area contributed by atoms with Crippen molar-refractivity contribution in [2.45, 2.75) is 51.2 Å². The number of allylic oxidation sites excluding steroid dienone is 1. The molecule has 1 fully saturated rings. The van der Waals surface area contributed by atoms with Gasteiger partial charge in [0.05, 0.1) is 12.5 Å². The number of hydrogen-bond donors (Lipinski definition) is 1. The predicted octanol–water partition coefficient (Wildman–Crippen LogP) is 4.74. The molecule has 2 atom stereocenters. The average molecular weight is 457 g/mol. The van der Waals surface area contributed by atoms with E-state index in [1.165, 1.54) is 0 Å². The molecule has 0 saturated carbocycles. The standard InChI is InChI=1S/C28H28N2O4/c1-3-20-16-27(31)34-25-11-10-22(15-24(20)25)21-8-6-19(7-9-21)14-23(17-29)30-28(32)26-13-18(2)5-4-12-33-26/h3,6-11,15,23,26H,2,4-5,12-14,16H2,1H3,(H,30,32)/b20-3+/t23-,26-/m0/s1. The zero-order chi connectivity index (χ0) is 24.1. The number of benzene rings is 2. The van der Waals surface area contributed by atoms with Crippen LogP contribution in [0.3, 0.4) is 0 Å². The lowest BCUT2D eigenvalue weighted by Crippen LogP contribution is -2.42. The van der Waals surface area contributed by atoms with Crippen molar-refractivity contribution >= 4 is 17.4 Å².